The molecule has 5 nitrogen and oxygen atoms in total. The van der Waals surface area contributed by atoms with E-state index < -0.39 is 0 Å². The first kappa shape index (κ1) is 13.9. The topological polar surface area (TPSA) is 55.1 Å². The molecule has 0 amide bonds. The zero-order valence-electron chi connectivity index (χ0n) is 12.5. The van der Waals surface area contributed by atoms with Gasteiger partial charge < -0.3 is 5.32 Å². The van der Waals surface area contributed by atoms with E-state index in [1.54, 1.807) is 17.5 Å². The molecule has 0 spiro atoms. The Bertz CT molecular complexity index is 882. The van der Waals surface area contributed by atoms with E-state index in [9.17, 15) is 0 Å². The second-order valence-corrected chi connectivity index (χ2v) is 6.23. The molecule has 0 radical (unpaired) electrons. The third-order valence-corrected chi connectivity index (χ3v) is 4.49. The van der Waals surface area contributed by atoms with Crippen molar-refractivity contribution >= 4 is 21.4 Å². The van der Waals surface area contributed by atoms with E-state index in [1.165, 1.54) is 5.56 Å². The summed E-state index contributed by atoms with van der Waals surface area (Å²) in [5, 5.41) is 8.86. The molecule has 3 aromatic heterocycles. The van der Waals surface area contributed by atoms with Gasteiger partial charge in [0.05, 0.1) is 17.9 Å². The van der Waals surface area contributed by atoms with Crippen LogP contribution in [-0.4, -0.2) is 19.6 Å². The van der Waals surface area contributed by atoms with Gasteiger partial charge in [0, 0.05) is 18.0 Å². The van der Waals surface area contributed by atoms with Crippen molar-refractivity contribution in [2.24, 2.45) is 0 Å². The molecule has 6 heteroatoms. The lowest BCUT2D eigenvalue weighted by Gasteiger charge is -2.12. The smallest absolute Gasteiger partial charge is 0.214 e. The van der Waals surface area contributed by atoms with Gasteiger partial charge in [-0.1, -0.05) is 41.7 Å². The fraction of sp³-hybridized carbons (Fsp3) is 0.118. The molecule has 1 unspecified atom stereocenters. The molecule has 4 aromatic rings. The summed E-state index contributed by atoms with van der Waals surface area (Å²) in [6.07, 6.45) is 5.50. The van der Waals surface area contributed by atoms with Crippen molar-refractivity contribution in [2.45, 2.75) is 13.0 Å². The predicted molar refractivity (Wildman–Crippen MR) is 92.6 cm³/mol. The Labute approximate surface area is 137 Å². The fourth-order valence-electron chi connectivity index (χ4n) is 2.42. The number of rotatable bonds is 4. The maximum absolute atomic E-state index is 4.62. The normalized spacial score (nSPS) is 12.4. The Balaban J connectivity index is 1.57. The second-order valence-electron chi connectivity index (χ2n) is 5.28. The third-order valence-electron chi connectivity index (χ3n) is 3.64. The van der Waals surface area contributed by atoms with Crippen LogP contribution in [0, 0.1) is 0 Å². The fourth-order valence-corrected chi connectivity index (χ4v) is 3.29. The first-order valence-electron chi connectivity index (χ1n) is 7.38. The monoisotopic (exact) mass is 321 g/mol. The number of nitrogens with zero attached hydrogens (tertiary/aromatic N) is 4. The van der Waals surface area contributed by atoms with E-state index >= 15 is 0 Å². The minimum Gasteiger partial charge on any atom is -0.354 e. The van der Waals surface area contributed by atoms with E-state index in [0.29, 0.717) is 0 Å². The Morgan fingerprint density at radius 1 is 1.13 bits per heavy atom. The maximum Gasteiger partial charge on any atom is 0.214 e. The number of hydrogen-bond acceptors (Lipinski definition) is 5. The summed E-state index contributed by atoms with van der Waals surface area (Å²) in [6, 6.07) is 14.4. The molecular formula is C17H15N5S. The highest BCUT2D eigenvalue weighted by molar-refractivity contribution is 7.20. The van der Waals surface area contributed by atoms with Crippen LogP contribution in [0.4, 0.5) is 5.13 Å². The summed E-state index contributed by atoms with van der Waals surface area (Å²) in [7, 11) is 0. The quantitative estimate of drug-likeness (QED) is 0.616. The van der Waals surface area contributed by atoms with Crippen LogP contribution in [0.3, 0.4) is 0 Å². The van der Waals surface area contributed by atoms with Crippen molar-refractivity contribution < 1.29 is 0 Å². The van der Waals surface area contributed by atoms with Gasteiger partial charge in [-0.05, 0) is 24.6 Å². The molecule has 1 aromatic carbocycles. The summed E-state index contributed by atoms with van der Waals surface area (Å²) in [4.78, 5) is 9.62. The van der Waals surface area contributed by atoms with Gasteiger partial charge in [-0.15, -0.1) is 5.10 Å². The molecule has 4 rings (SSSR count). The highest BCUT2D eigenvalue weighted by Crippen LogP contribution is 2.26. The van der Waals surface area contributed by atoms with Crippen molar-refractivity contribution in [1.82, 2.24) is 19.6 Å². The van der Waals surface area contributed by atoms with Gasteiger partial charge in [-0.2, -0.15) is 0 Å². The zero-order valence-corrected chi connectivity index (χ0v) is 13.4. The van der Waals surface area contributed by atoms with Gasteiger partial charge in [0.1, 0.15) is 0 Å². The lowest BCUT2D eigenvalue weighted by Crippen LogP contribution is -2.06. The standard InChI is InChI=1S/C17H15N5S/c1-12(13-6-3-2-4-7-13)19-16-21-22-11-15(20-17(22)23-16)14-8-5-9-18-10-14/h2-12H,1H3,(H,19,21). The minimum absolute atomic E-state index is 0.199. The summed E-state index contributed by atoms with van der Waals surface area (Å²) >= 11 is 1.54. The largest absolute Gasteiger partial charge is 0.354 e. The van der Waals surface area contributed by atoms with Gasteiger partial charge in [0.2, 0.25) is 10.1 Å². The van der Waals surface area contributed by atoms with E-state index in [-0.39, 0.29) is 6.04 Å². The first-order valence-corrected chi connectivity index (χ1v) is 8.19. The summed E-state index contributed by atoms with van der Waals surface area (Å²) in [5.41, 5.74) is 3.12. The molecule has 114 valence electrons. The van der Waals surface area contributed by atoms with Crippen LogP contribution in [-0.2, 0) is 0 Å². The average Bonchev–Trinajstić information content (AvgIpc) is 3.15. The van der Waals surface area contributed by atoms with Crippen LogP contribution in [0.15, 0.2) is 61.1 Å². The molecule has 1 atom stereocenters. The number of anilines is 1. The van der Waals surface area contributed by atoms with E-state index in [4.69, 9.17) is 0 Å². The number of benzene rings is 1. The number of pyridine rings is 1. The Hall–Kier alpha value is -2.73. The molecule has 0 saturated carbocycles. The van der Waals surface area contributed by atoms with Gasteiger partial charge in [-0.25, -0.2) is 9.50 Å². The molecule has 3 heterocycles. The van der Waals surface area contributed by atoms with Crippen LogP contribution in [0.2, 0.25) is 0 Å². The van der Waals surface area contributed by atoms with Crippen LogP contribution in [0.25, 0.3) is 16.2 Å². The number of aromatic nitrogens is 4. The van der Waals surface area contributed by atoms with Crippen molar-refractivity contribution in [3.63, 3.8) is 0 Å². The lowest BCUT2D eigenvalue weighted by molar-refractivity contribution is 0.863. The summed E-state index contributed by atoms with van der Waals surface area (Å²) < 4.78 is 1.81. The average molecular weight is 321 g/mol. The predicted octanol–water partition coefficient (Wildman–Crippen LogP) is 4.03. The number of fused-ring (bicyclic) bond motifs is 1. The van der Waals surface area contributed by atoms with Crippen LogP contribution >= 0.6 is 11.3 Å². The highest BCUT2D eigenvalue weighted by atomic mass is 32.1. The maximum atomic E-state index is 4.62. The van der Waals surface area contributed by atoms with Crippen molar-refractivity contribution in [3.05, 3.63) is 66.6 Å². The van der Waals surface area contributed by atoms with Gasteiger partial charge in [0.15, 0.2) is 0 Å². The van der Waals surface area contributed by atoms with Crippen molar-refractivity contribution in [3.8, 4) is 11.3 Å². The van der Waals surface area contributed by atoms with Crippen LogP contribution in [0.5, 0.6) is 0 Å². The first-order chi connectivity index (χ1) is 11.3. The molecule has 0 fully saturated rings. The van der Waals surface area contributed by atoms with Gasteiger partial charge in [0.25, 0.3) is 0 Å². The number of nitrogens with one attached hydrogen (secondary N) is 1. The Kier molecular flexibility index (Phi) is 3.51. The van der Waals surface area contributed by atoms with E-state index in [2.05, 4.69) is 39.4 Å². The SMILES string of the molecule is CC(Nc1nn2cc(-c3cccnc3)nc2s1)c1ccccc1. The second kappa shape index (κ2) is 5.81. The van der Waals surface area contributed by atoms with Crippen molar-refractivity contribution in [1.29, 1.82) is 0 Å². The minimum atomic E-state index is 0.199. The summed E-state index contributed by atoms with van der Waals surface area (Å²) in [5.74, 6) is 0. The molecule has 23 heavy (non-hydrogen) atoms. The highest BCUT2D eigenvalue weighted by Gasteiger charge is 2.12. The molecule has 1 N–H and O–H groups in total. The van der Waals surface area contributed by atoms with Crippen LogP contribution in [0.1, 0.15) is 18.5 Å². The van der Waals surface area contributed by atoms with Crippen LogP contribution < -0.4 is 5.32 Å². The zero-order chi connectivity index (χ0) is 15.6. The third kappa shape index (κ3) is 2.80. The van der Waals surface area contributed by atoms with Gasteiger partial charge in [-0.3, -0.25) is 4.98 Å². The molecule has 0 aliphatic rings. The van der Waals surface area contributed by atoms with E-state index in [1.807, 2.05) is 47.2 Å². The van der Waals surface area contributed by atoms with Crippen molar-refractivity contribution in [2.75, 3.05) is 5.32 Å². The molecule has 0 saturated heterocycles. The summed E-state index contributed by atoms with van der Waals surface area (Å²) in [6.45, 7) is 2.13. The number of hydrogen-bond donors (Lipinski definition) is 1. The molecule has 0 aliphatic carbocycles. The lowest BCUT2D eigenvalue weighted by atomic mass is 10.1. The number of imidazole rings is 1. The van der Waals surface area contributed by atoms with E-state index in [0.717, 1.165) is 21.3 Å². The Morgan fingerprint density at radius 3 is 2.74 bits per heavy atom. The molecule has 0 bridgehead atoms. The molecular weight excluding hydrogens is 306 g/mol. The Morgan fingerprint density at radius 2 is 2.00 bits per heavy atom. The van der Waals surface area contributed by atoms with Gasteiger partial charge >= 0.3 is 0 Å². The molecule has 0 aliphatic heterocycles.